The van der Waals surface area contributed by atoms with Crippen molar-refractivity contribution < 1.29 is 9.13 Å². The molecule has 4 heterocycles. The number of aromatic amines is 1. The fourth-order valence-electron chi connectivity index (χ4n) is 2.76. The number of halogens is 1. The summed E-state index contributed by atoms with van der Waals surface area (Å²) in [4.78, 5) is 17.3. The van der Waals surface area contributed by atoms with Crippen molar-refractivity contribution in [3.05, 3.63) is 66.5 Å². The second-order valence-corrected chi connectivity index (χ2v) is 6.41. The minimum Gasteiger partial charge on any atom is -0.481 e. The van der Waals surface area contributed by atoms with Crippen LogP contribution in [0.25, 0.3) is 11.3 Å². The van der Waals surface area contributed by atoms with Gasteiger partial charge in [0.25, 0.3) is 0 Å². The summed E-state index contributed by atoms with van der Waals surface area (Å²) in [5.41, 5.74) is 2.24. The Labute approximate surface area is 171 Å². The molecule has 4 rings (SSSR count). The Bertz CT molecular complexity index is 1120. The molecular weight excluding hydrogens is 387 g/mol. The van der Waals surface area contributed by atoms with Crippen LogP contribution < -0.4 is 15.4 Å². The molecule has 1 atom stereocenters. The third-order valence-corrected chi connectivity index (χ3v) is 4.27. The Morgan fingerprint density at radius 3 is 2.60 bits per heavy atom. The molecule has 0 saturated carbocycles. The average Bonchev–Trinajstić information content (AvgIpc) is 3.22. The Morgan fingerprint density at radius 2 is 1.90 bits per heavy atom. The molecule has 0 aliphatic heterocycles. The SMILES string of the molecule is COc1cc(Nc2cc(-c3ccncc3)nc(N[C@@H](C)c3ccc(F)cn3)n2)n[nH]1. The lowest BCUT2D eigenvalue weighted by atomic mass is 10.2. The quantitative estimate of drug-likeness (QED) is 0.426. The number of hydrogen-bond acceptors (Lipinski definition) is 8. The molecule has 0 bridgehead atoms. The van der Waals surface area contributed by atoms with E-state index in [1.54, 1.807) is 31.6 Å². The summed E-state index contributed by atoms with van der Waals surface area (Å²) in [5.74, 6) is 1.60. The van der Waals surface area contributed by atoms with Crippen LogP contribution in [0.3, 0.4) is 0 Å². The molecule has 0 unspecified atom stereocenters. The molecule has 0 radical (unpaired) electrons. The molecule has 152 valence electrons. The first-order valence-electron chi connectivity index (χ1n) is 9.14. The summed E-state index contributed by atoms with van der Waals surface area (Å²) in [6.07, 6.45) is 4.57. The molecule has 0 fully saturated rings. The minimum absolute atomic E-state index is 0.239. The molecule has 0 aliphatic rings. The summed E-state index contributed by atoms with van der Waals surface area (Å²) in [7, 11) is 1.55. The highest BCUT2D eigenvalue weighted by atomic mass is 19.1. The Balaban J connectivity index is 1.65. The fraction of sp³-hybridized carbons (Fsp3) is 0.150. The predicted octanol–water partition coefficient (Wildman–Crippen LogP) is 3.72. The molecule has 0 saturated heterocycles. The van der Waals surface area contributed by atoms with Crippen molar-refractivity contribution in [1.29, 1.82) is 0 Å². The van der Waals surface area contributed by atoms with Gasteiger partial charge in [-0.1, -0.05) is 0 Å². The normalized spacial score (nSPS) is 11.7. The van der Waals surface area contributed by atoms with E-state index in [0.717, 1.165) is 5.56 Å². The van der Waals surface area contributed by atoms with E-state index in [4.69, 9.17) is 4.74 Å². The monoisotopic (exact) mass is 406 g/mol. The maximum Gasteiger partial charge on any atom is 0.225 e. The number of pyridine rings is 2. The van der Waals surface area contributed by atoms with Gasteiger partial charge in [0.2, 0.25) is 11.8 Å². The minimum atomic E-state index is -0.386. The number of nitrogens with zero attached hydrogens (tertiary/aromatic N) is 5. The summed E-state index contributed by atoms with van der Waals surface area (Å²) in [5, 5.41) is 13.2. The number of aromatic nitrogens is 6. The van der Waals surface area contributed by atoms with Crippen LogP contribution >= 0.6 is 0 Å². The van der Waals surface area contributed by atoms with Crippen molar-refractivity contribution in [3.63, 3.8) is 0 Å². The van der Waals surface area contributed by atoms with Crippen LogP contribution in [-0.2, 0) is 0 Å². The number of nitrogens with one attached hydrogen (secondary N) is 3. The number of H-pyrrole nitrogens is 1. The number of hydrogen-bond donors (Lipinski definition) is 3. The van der Waals surface area contributed by atoms with Crippen molar-refractivity contribution in [1.82, 2.24) is 30.1 Å². The first kappa shape index (κ1) is 19.2. The molecule has 0 amide bonds. The number of methoxy groups -OCH3 is 1. The van der Waals surface area contributed by atoms with Crippen LogP contribution in [0.1, 0.15) is 18.7 Å². The van der Waals surface area contributed by atoms with E-state index >= 15 is 0 Å². The Hall–Kier alpha value is -4.08. The number of rotatable bonds is 7. The average molecular weight is 406 g/mol. The molecule has 10 heteroatoms. The molecule has 0 spiro atoms. The van der Waals surface area contributed by atoms with Gasteiger partial charge in [-0.25, -0.2) is 14.5 Å². The predicted molar refractivity (Wildman–Crippen MR) is 110 cm³/mol. The molecule has 4 aromatic rings. The van der Waals surface area contributed by atoms with Crippen molar-refractivity contribution in [2.75, 3.05) is 17.7 Å². The maximum atomic E-state index is 13.2. The highest BCUT2D eigenvalue weighted by Crippen LogP contribution is 2.25. The summed E-state index contributed by atoms with van der Waals surface area (Å²) in [6, 6.07) is 9.99. The topological polar surface area (TPSA) is 114 Å². The van der Waals surface area contributed by atoms with Gasteiger partial charge >= 0.3 is 0 Å². The zero-order chi connectivity index (χ0) is 20.9. The molecule has 3 N–H and O–H groups in total. The molecule has 9 nitrogen and oxygen atoms in total. The van der Waals surface area contributed by atoms with Gasteiger partial charge in [-0.15, -0.1) is 0 Å². The standard InChI is InChI=1S/C20H19FN8O/c1-12(15-4-3-14(21)11-23-15)24-20-25-16(13-5-7-22-8-6-13)9-17(27-20)26-18-10-19(30-2)29-28-18/h3-12H,1-2H3,(H3,24,25,26,27,28,29)/t12-/m0/s1. The van der Waals surface area contributed by atoms with Crippen LogP contribution in [0.4, 0.5) is 22.0 Å². The van der Waals surface area contributed by atoms with Gasteiger partial charge in [0.15, 0.2) is 5.82 Å². The van der Waals surface area contributed by atoms with Crippen molar-refractivity contribution in [3.8, 4) is 17.1 Å². The van der Waals surface area contributed by atoms with Gasteiger partial charge in [0.05, 0.1) is 30.7 Å². The van der Waals surface area contributed by atoms with E-state index in [2.05, 4.69) is 40.8 Å². The van der Waals surface area contributed by atoms with Crippen molar-refractivity contribution in [2.24, 2.45) is 0 Å². The van der Waals surface area contributed by atoms with E-state index in [1.165, 1.54) is 12.3 Å². The highest BCUT2D eigenvalue weighted by Gasteiger charge is 2.13. The first-order valence-corrected chi connectivity index (χ1v) is 9.14. The van der Waals surface area contributed by atoms with E-state index < -0.39 is 0 Å². The lowest BCUT2D eigenvalue weighted by Gasteiger charge is -2.15. The summed E-state index contributed by atoms with van der Waals surface area (Å²) < 4.78 is 18.3. The Morgan fingerprint density at radius 1 is 1.07 bits per heavy atom. The van der Waals surface area contributed by atoms with Gasteiger partial charge in [-0.05, 0) is 31.2 Å². The highest BCUT2D eigenvalue weighted by molar-refractivity contribution is 5.66. The van der Waals surface area contributed by atoms with Crippen LogP contribution in [0.5, 0.6) is 5.88 Å². The third-order valence-electron chi connectivity index (χ3n) is 4.27. The number of ether oxygens (including phenoxy) is 1. The van der Waals surface area contributed by atoms with Crippen LogP contribution in [0, 0.1) is 5.82 Å². The second kappa shape index (κ2) is 8.52. The third kappa shape index (κ3) is 4.49. The van der Waals surface area contributed by atoms with Gasteiger partial charge < -0.3 is 15.4 Å². The summed E-state index contributed by atoms with van der Waals surface area (Å²) >= 11 is 0. The van der Waals surface area contributed by atoms with E-state index in [1.807, 2.05) is 25.1 Å². The molecule has 4 aromatic heterocycles. The van der Waals surface area contributed by atoms with Crippen LogP contribution in [0.15, 0.2) is 55.0 Å². The fourth-order valence-corrected chi connectivity index (χ4v) is 2.76. The lowest BCUT2D eigenvalue weighted by molar-refractivity contribution is 0.397. The van der Waals surface area contributed by atoms with Crippen molar-refractivity contribution in [2.45, 2.75) is 13.0 Å². The Kier molecular flexibility index (Phi) is 5.46. The molecule has 0 aromatic carbocycles. The van der Waals surface area contributed by atoms with E-state index in [-0.39, 0.29) is 11.9 Å². The van der Waals surface area contributed by atoms with Gasteiger partial charge in [0, 0.05) is 30.1 Å². The van der Waals surface area contributed by atoms with Crippen LogP contribution in [0.2, 0.25) is 0 Å². The largest absolute Gasteiger partial charge is 0.481 e. The zero-order valence-electron chi connectivity index (χ0n) is 16.3. The molecular formula is C20H19FN8O. The lowest BCUT2D eigenvalue weighted by Crippen LogP contribution is -2.12. The summed E-state index contributed by atoms with van der Waals surface area (Å²) in [6.45, 7) is 1.90. The van der Waals surface area contributed by atoms with Gasteiger partial charge in [-0.3, -0.25) is 9.97 Å². The first-order chi connectivity index (χ1) is 14.6. The van der Waals surface area contributed by atoms with Gasteiger partial charge in [-0.2, -0.15) is 10.1 Å². The maximum absolute atomic E-state index is 13.2. The molecule has 30 heavy (non-hydrogen) atoms. The smallest absolute Gasteiger partial charge is 0.225 e. The van der Waals surface area contributed by atoms with Crippen LogP contribution in [-0.4, -0.2) is 37.2 Å². The van der Waals surface area contributed by atoms with E-state index in [9.17, 15) is 4.39 Å². The number of anilines is 3. The zero-order valence-corrected chi connectivity index (χ0v) is 16.3. The van der Waals surface area contributed by atoms with Gasteiger partial charge in [0.1, 0.15) is 11.6 Å². The van der Waals surface area contributed by atoms with Crippen molar-refractivity contribution >= 4 is 17.6 Å². The molecule has 0 aliphatic carbocycles. The van der Waals surface area contributed by atoms with E-state index in [0.29, 0.717) is 34.9 Å². The second-order valence-electron chi connectivity index (χ2n) is 6.41.